The Hall–Kier alpha value is -4.05. The molecule has 12 heteroatoms. The van der Waals surface area contributed by atoms with Crippen molar-refractivity contribution in [3.63, 3.8) is 0 Å². The van der Waals surface area contributed by atoms with Crippen LogP contribution in [0.3, 0.4) is 0 Å². The predicted molar refractivity (Wildman–Crippen MR) is 141 cm³/mol. The Morgan fingerprint density at radius 2 is 1.90 bits per heavy atom. The summed E-state index contributed by atoms with van der Waals surface area (Å²) in [6, 6.07) is 8.68. The molecule has 0 radical (unpaired) electrons. The highest BCUT2D eigenvalue weighted by molar-refractivity contribution is 7.13. The lowest BCUT2D eigenvalue weighted by Gasteiger charge is -2.24. The van der Waals surface area contributed by atoms with Gasteiger partial charge in [0, 0.05) is 52.3 Å². The number of nitrogens with one attached hydrogen (secondary N) is 2. The van der Waals surface area contributed by atoms with Crippen LogP contribution in [-0.4, -0.2) is 23.4 Å². The van der Waals surface area contributed by atoms with E-state index in [4.69, 9.17) is 11.6 Å². The number of hydrogen-bond acceptors (Lipinski definition) is 5. The number of anilines is 1. The number of thiazole rings is 1. The van der Waals surface area contributed by atoms with Gasteiger partial charge in [-0.05, 0) is 65.2 Å². The van der Waals surface area contributed by atoms with Crippen molar-refractivity contribution in [2.45, 2.75) is 18.5 Å². The summed E-state index contributed by atoms with van der Waals surface area (Å²) in [5.41, 5.74) is 0.386. The number of alkyl halides is 3. The fourth-order valence-corrected chi connectivity index (χ4v) is 5.52. The van der Waals surface area contributed by atoms with Crippen LogP contribution in [0.15, 0.2) is 65.8 Å². The lowest BCUT2D eigenvalue weighted by Crippen LogP contribution is -2.22. The number of aromatic nitrogens is 1. The molecule has 2 N–H and O–H groups in total. The van der Waals surface area contributed by atoms with E-state index < -0.39 is 40.8 Å². The number of amides is 1. The minimum absolute atomic E-state index is 0.0581. The summed E-state index contributed by atoms with van der Waals surface area (Å²) in [7, 11) is 0. The fourth-order valence-electron chi connectivity index (χ4n) is 4.64. The van der Waals surface area contributed by atoms with Crippen LogP contribution in [0.1, 0.15) is 38.5 Å². The molecule has 40 heavy (non-hydrogen) atoms. The molecule has 204 valence electrons. The quantitative estimate of drug-likeness (QED) is 0.199. The van der Waals surface area contributed by atoms with Crippen LogP contribution < -0.4 is 10.6 Å². The highest BCUT2D eigenvalue weighted by Gasteiger charge is 2.33. The first-order chi connectivity index (χ1) is 19.0. The third kappa shape index (κ3) is 5.62. The monoisotopic (exact) mass is 589 g/mol. The molecule has 1 aliphatic heterocycles. The first-order valence-corrected chi connectivity index (χ1v) is 13.0. The summed E-state index contributed by atoms with van der Waals surface area (Å²) in [5.74, 6) is -1.66. The molecule has 0 bridgehead atoms. The van der Waals surface area contributed by atoms with Crippen LogP contribution in [0.2, 0.25) is 5.02 Å². The summed E-state index contributed by atoms with van der Waals surface area (Å²) < 4.78 is 68.4. The van der Waals surface area contributed by atoms with E-state index in [2.05, 4.69) is 15.6 Å². The molecule has 0 saturated carbocycles. The first kappa shape index (κ1) is 27.5. The van der Waals surface area contributed by atoms with Crippen LogP contribution in [0.4, 0.5) is 27.6 Å². The number of fused-ring (bicyclic) bond motifs is 1. The van der Waals surface area contributed by atoms with Crippen molar-refractivity contribution in [1.82, 2.24) is 10.3 Å². The van der Waals surface area contributed by atoms with Crippen LogP contribution in [0, 0.1) is 11.6 Å². The predicted octanol–water partition coefficient (Wildman–Crippen LogP) is 7.01. The first-order valence-electron chi connectivity index (χ1n) is 11.7. The number of rotatable bonds is 4. The number of carbonyl (C=O) groups excluding carboxylic acids is 2. The van der Waals surface area contributed by atoms with E-state index in [1.807, 2.05) is 5.94 Å². The van der Waals surface area contributed by atoms with Gasteiger partial charge in [0.1, 0.15) is 28.3 Å². The van der Waals surface area contributed by atoms with Crippen molar-refractivity contribution >= 4 is 40.5 Å². The van der Waals surface area contributed by atoms with Gasteiger partial charge in [0.2, 0.25) is 0 Å². The maximum atomic E-state index is 14.3. The Kier molecular flexibility index (Phi) is 7.46. The van der Waals surface area contributed by atoms with Crippen molar-refractivity contribution in [3.8, 4) is 10.6 Å². The lowest BCUT2D eigenvalue weighted by atomic mass is 9.85. The average molecular weight is 590 g/mol. The van der Waals surface area contributed by atoms with E-state index >= 15 is 0 Å². The van der Waals surface area contributed by atoms with E-state index in [0.29, 0.717) is 45.5 Å². The Balaban J connectivity index is 1.70. The molecule has 1 aromatic heterocycles. The zero-order chi connectivity index (χ0) is 28.6. The van der Waals surface area contributed by atoms with Gasteiger partial charge in [0.25, 0.3) is 5.91 Å². The van der Waals surface area contributed by atoms with Crippen LogP contribution in [0.25, 0.3) is 10.6 Å². The molecule has 1 amide bonds. The highest BCUT2D eigenvalue weighted by Crippen LogP contribution is 2.42. The molecule has 0 aliphatic carbocycles. The van der Waals surface area contributed by atoms with E-state index in [1.165, 1.54) is 29.5 Å². The summed E-state index contributed by atoms with van der Waals surface area (Å²) in [4.78, 5) is 29.2. The Morgan fingerprint density at radius 1 is 1.10 bits per heavy atom. The number of hydrogen-bond donors (Lipinski definition) is 2. The molecular weight excluding hydrogens is 573 g/mol. The van der Waals surface area contributed by atoms with Gasteiger partial charge in [-0.1, -0.05) is 11.6 Å². The zero-order valence-corrected chi connectivity index (χ0v) is 21.8. The molecule has 3 aromatic carbocycles. The SMILES string of the molecule is O=C=C1Cc2cc(-c3nccs3)cc(NC(=O)c3cc(F)cc(C(F)(F)F)c3)c2C(c2cc(F)ccc2Cl)CN1. The van der Waals surface area contributed by atoms with Crippen molar-refractivity contribution in [2.75, 3.05) is 11.9 Å². The molecule has 5 nitrogen and oxygen atoms in total. The molecular formula is C28H17ClF5N3O2S. The van der Waals surface area contributed by atoms with E-state index in [1.54, 1.807) is 23.7 Å². The normalized spacial score (nSPS) is 15.1. The molecule has 4 aromatic rings. The van der Waals surface area contributed by atoms with Gasteiger partial charge in [-0.3, -0.25) is 4.79 Å². The molecule has 0 spiro atoms. The summed E-state index contributed by atoms with van der Waals surface area (Å²) in [5, 5.41) is 8.13. The number of benzene rings is 3. The lowest BCUT2D eigenvalue weighted by molar-refractivity contribution is -0.137. The van der Waals surface area contributed by atoms with E-state index in [9.17, 15) is 31.5 Å². The van der Waals surface area contributed by atoms with Gasteiger partial charge in [0.05, 0.1) is 5.56 Å². The maximum absolute atomic E-state index is 14.3. The molecule has 1 unspecified atom stereocenters. The largest absolute Gasteiger partial charge is 0.416 e. The third-order valence-electron chi connectivity index (χ3n) is 6.37. The number of nitrogens with zero attached hydrogens (tertiary/aromatic N) is 1. The molecule has 0 saturated heterocycles. The van der Waals surface area contributed by atoms with Crippen LogP contribution >= 0.6 is 22.9 Å². The van der Waals surface area contributed by atoms with Crippen molar-refractivity contribution < 1.29 is 31.5 Å². The number of allylic oxidation sites excluding steroid dienone is 1. The third-order valence-corrected chi connectivity index (χ3v) is 7.54. The van der Waals surface area contributed by atoms with Gasteiger partial charge >= 0.3 is 6.18 Å². The second kappa shape index (κ2) is 10.8. The fraction of sp³-hybridized carbons (Fsp3) is 0.143. The van der Waals surface area contributed by atoms with Crippen molar-refractivity contribution in [3.05, 3.63) is 110 Å². The Bertz CT molecular complexity index is 1670. The molecule has 0 fully saturated rings. The minimum atomic E-state index is -4.87. The van der Waals surface area contributed by atoms with Gasteiger partial charge < -0.3 is 10.6 Å². The van der Waals surface area contributed by atoms with E-state index in [-0.39, 0.29) is 29.4 Å². The summed E-state index contributed by atoms with van der Waals surface area (Å²) >= 11 is 7.74. The summed E-state index contributed by atoms with van der Waals surface area (Å²) in [6.07, 6.45) is -3.24. The van der Waals surface area contributed by atoms with Gasteiger partial charge in [-0.2, -0.15) is 13.2 Å². The zero-order valence-electron chi connectivity index (χ0n) is 20.2. The molecule has 2 heterocycles. The minimum Gasteiger partial charge on any atom is -0.378 e. The topological polar surface area (TPSA) is 71.1 Å². The Labute approximate surface area is 233 Å². The highest BCUT2D eigenvalue weighted by atomic mass is 35.5. The van der Waals surface area contributed by atoms with Crippen LogP contribution in [0.5, 0.6) is 0 Å². The summed E-state index contributed by atoms with van der Waals surface area (Å²) in [6.45, 7) is 0.0679. The standard InChI is InChI=1S/C28H17ClF5N3O2S/c29-23-2-1-18(30)11-21(23)22-12-36-20(13-38)8-14-5-16(27-35-3-4-40-27)9-24(25(14)22)37-26(39)15-6-17(28(32,33)34)10-19(31)7-15/h1-7,9-11,22,36H,8,12H2,(H,37,39). The van der Waals surface area contributed by atoms with E-state index in [0.717, 1.165) is 0 Å². The van der Waals surface area contributed by atoms with Gasteiger partial charge in [-0.25, -0.2) is 18.6 Å². The molecule has 5 rings (SSSR count). The molecule has 1 aliphatic rings. The second-order valence-corrected chi connectivity index (χ2v) is 10.3. The van der Waals surface area contributed by atoms with Crippen molar-refractivity contribution in [1.29, 1.82) is 0 Å². The van der Waals surface area contributed by atoms with Crippen LogP contribution in [-0.2, 0) is 17.4 Å². The number of halogens is 6. The number of carbonyl (C=O) groups is 1. The van der Waals surface area contributed by atoms with Crippen molar-refractivity contribution in [2.24, 2.45) is 0 Å². The average Bonchev–Trinajstić information content (AvgIpc) is 3.38. The van der Waals surface area contributed by atoms with Gasteiger partial charge in [-0.15, -0.1) is 11.3 Å². The smallest absolute Gasteiger partial charge is 0.378 e. The Morgan fingerprint density at radius 3 is 2.60 bits per heavy atom. The second-order valence-electron chi connectivity index (χ2n) is 8.97. The van der Waals surface area contributed by atoms with Gasteiger partial charge in [0.15, 0.2) is 0 Å². The molecule has 1 atom stereocenters. The maximum Gasteiger partial charge on any atom is 0.416 e.